The van der Waals surface area contributed by atoms with Gasteiger partial charge in [0.15, 0.2) is 11.6 Å². The molecule has 0 radical (unpaired) electrons. The quantitative estimate of drug-likeness (QED) is 0.00683. The van der Waals surface area contributed by atoms with Gasteiger partial charge in [-0.3, -0.25) is 67.7 Å². The summed E-state index contributed by atoms with van der Waals surface area (Å²) in [6.45, 7) is -0.556. The number of esters is 1. The first-order valence-corrected chi connectivity index (χ1v) is 37.8. The van der Waals surface area contributed by atoms with E-state index in [0.717, 1.165) is 11.8 Å². The van der Waals surface area contributed by atoms with Gasteiger partial charge in [-0.25, -0.2) is 4.79 Å². The first-order valence-electron chi connectivity index (χ1n) is 35.4. The maximum atomic E-state index is 14.7. The van der Waals surface area contributed by atoms with E-state index in [2.05, 4.69) is 89.1 Å². The molecule has 1 fully saturated rings. The molecular formula is C71H91N15O23S3. The molecule has 606 valence electrons. The van der Waals surface area contributed by atoms with Crippen LogP contribution in [0.3, 0.4) is 0 Å². The maximum Gasteiger partial charge on any atom is 0.340 e. The van der Waals surface area contributed by atoms with Crippen LogP contribution >= 0.6 is 37.0 Å². The van der Waals surface area contributed by atoms with E-state index < -0.39 is 161 Å². The zero-order chi connectivity index (χ0) is 81.3. The number of carboxylic acids is 1. The topological polar surface area (TPSA) is 575 Å². The van der Waals surface area contributed by atoms with E-state index in [1.54, 1.807) is 30.3 Å². The third kappa shape index (κ3) is 27.2. The summed E-state index contributed by atoms with van der Waals surface area (Å²) in [7, 11) is 0. The van der Waals surface area contributed by atoms with E-state index in [-0.39, 0.29) is 169 Å². The number of carbonyl (C=O) groups is 14. The molecule has 4 aromatic carbocycles. The lowest BCUT2D eigenvalue weighted by molar-refractivity contribution is -0.141. The maximum absolute atomic E-state index is 14.7. The van der Waals surface area contributed by atoms with Crippen molar-refractivity contribution in [2.24, 2.45) is 11.5 Å². The minimum Gasteiger partial charge on any atom is -0.508 e. The number of nitrogens with two attached hydrogens (primary N) is 2. The van der Waals surface area contributed by atoms with E-state index in [9.17, 15) is 82.4 Å². The Bertz CT molecular complexity index is 4000. The van der Waals surface area contributed by atoms with Crippen LogP contribution in [0.1, 0.15) is 81.5 Å². The molecule has 4 aromatic rings. The van der Waals surface area contributed by atoms with Crippen molar-refractivity contribution in [1.29, 1.82) is 5.41 Å². The van der Waals surface area contributed by atoms with Crippen LogP contribution in [0, 0.1) is 5.41 Å². The highest BCUT2D eigenvalue weighted by molar-refractivity contribution is 8.00. The number of unbranched alkanes of at least 4 members (excludes halogenated alkanes) is 1. The molecule has 0 bridgehead atoms. The average Bonchev–Trinajstić information content (AvgIpc) is 1.52. The van der Waals surface area contributed by atoms with Gasteiger partial charge in [0.1, 0.15) is 78.5 Å². The van der Waals surface area contributed by atoms with Crippen molar-refractivity contribution in [1.82, 2.24) is 63.8 Å². The highest BCUT2D eigenvalue weighted by atomic mass is 32.2. The smallest absolute Gasteiger partial charge is 0.340 e. The Morgan fingerprint density at radius 1 is 0.607 bits per heavy atom. The van der Waals surface area contributed by atoms with E-state index in [4.69, 9.17) is 45.3 Å². The van der Waals surface area contributed by atoms with Gasteiger partial charge in [-0.15, -0.1) is 11.8 Å². The number of carboxylic acid groups (broad SMARTS) is 1. The number of hydrogen-bond donors (Lipinski definition) is 20. The number of aliphatic carboxylic acids is 1. The van der Waals surface area contributed by atoms with Crippen molar-refractivity contribution in [3.8, 4) is 23.0 Å². The van der Waals surface area contributed by atoms with Crippen molar-refractivity contribution >= 4 is 126 Å². The molecular weight excluding hydrogens is 1530 g/mol. The van der Waals surface area contributed by atoms with Crippen LogP contribution in [0.15, 0.2) is 84.9 Å². The number of primary amides is 1. The van der Waals surface area contributed by atoms with Crippen LogP contribution in [0.5, 0.6) is 23.0 Å². The molecule has 7 rings (SSSR count). The number of guanidine groups is 1. The molecule has 112 heavy (non-hydrogen) atoms. The van der Waals surface area contributed by atoms with Crippen molar-refractivity contribution < 1.29 is 111 Å². The normalized spacial score (nSPS) is 18.3. The lowest BCUT2D eigenvalue weighted by Crippen LogP contribution is -2.60. The summed E-state index contributed by atoms with van der Waals surface area (Å²) in [6.07, 6.45) is -1.23. The van der Waals surface area contributed by atoms with Crippen molar-refractivity contribution in [2.75, 3.05) is 109 Å². The number of ether oxygens (including phenoxy) is 6. The molecule has 3 aliphatic heterocycles. The van der Waals surface area contributed by atoms with E-state index in [1.165, 1.54) is 54.6 Å². The molecule has 12 amide bonds. The van der Waals surface area contributed by atoms with Gasteiger partial charge in [-0.05, 0) is 80.1 Å². The van der Waals surface area contributed by atoms with Crippen LogP contribution in [0.4, 0.5) is 0 Å². The van der Waals surface area contributed by atoms with Crippen LogP contribution < -0.4 is 80.0 Å². The summed E-state index contributed by atoms with van der Waals surface area (Å²) in [6, 6.07) is 10.1. The molecule has 7 atom stereocenters. The highest BCUT2D eigenvalue weighted by Gasteiger charge is 2.54. The third-order valence-corrected chi connectivity index (χ3v) is 18.8. The molecule has 3 heterocycles. The van der Waals surface area contributed by atoms with Crippen molar-refractivity contribution in [3.63, 3.8) is 0 Å². The van der Waals surface area contributed by atoms with Crippen molar-refractivity contribution in [2.45, 2.75) is 92.8 Å². The van der Waals surface area contributed by atoms with Gasteiger partial charge in [-0.2, -0.15) is 25.3 Å². The predicted molar refractivity (Wildman–Crippen MR) is 406 cm³/mol. The first-order chi connectivity index (χ1) is 53.7. The Labute approximate surface area is 656 Å². The van der Waals surface area contributed by atoms with Gasteiger partial charge in [0, 0.05) is 84.2 Å². The Morgan fingerprint density at radius 3 is 1.86 bits per heavy atom. The monoisotopic (exact) mass is 1620 g/mol. The number of thioether (sulfide) groups is 1. The van der Waals surface area contributed by atoms with Crippen LogP contribution in [-0.2, 0) is 93.2 Å². The fourth-order valence-corrected chi connectivity index (χ4v) is 12.9. The second-order valence-electron chi connectivity index (χ2n) is 25.4. The molecule has 1 saturated heterocycles. The van der Waals surface area contributed by atoms with Gasteiger partial charge >= 0.3 is 11.9 Å². The Kier molecular flexibility index (Phi) is 35.3. The third-order valence-electron chi connectivity index (χ3n) is 17.0. The molecule has 0 aliphatic carbocycles. The molecule has 3 aliphatic rings. The number of phenolic OH excluding ortho intramolecular Hbond substituents is 2. The second kappa shape index (κ2) is 44.8. The summed E-state index contributed by atoms with van der Waals surface area (Å²) in [4.78, 5) is 189. The van der Waals surface area contributed by atoms with Gasteiger partial charge < -0.3 is 119 Å². The number of aromatic hydroxyl groups is 2. The van der Waals surface area contributed by atoms with Crippen molar-refractivity contribution in [3.05, 3.63) is 118 Å². The fourth-order valence-electron chi connectivity index (χ4n) is 11.6. The van der Waals surface area contributed by atoms with Crippen LogP contribution in [0.25, 0.3) is 0 Å². The number of carbonyl (C=O) groups excluding carboxylic acids is 13. The molecule has 0 saturated carbocycles. The molecule has 20 N–H and O–H groups in total. The van der Waals surface area contributed by atoms with E-state index >= 15 is 0 Å². The molecule has 0 unspecified atom stereocenters. The minimum atomic E-state index is -1.94. The van der Waals surface area contributed by atoms with Gasteiger partial charge in [0.2, 0.25) is 65.0 Å². The van der Waals surface area contributed by atoms with E-state index in [1.807, 2.05) is 0 Å². The SMILES string of the molecule is N=C(N)NCCC[C@@H]1NC(=O)[C@H](CS)NC(=O)[C@H](CCCCNC(=O)c2ccc3c(c2)C2(OC3=O)c3ccc(O)cc3Oc3cc(O)ccc32)NC(=O)CSC[C@@H](C(=O)N[C@@H](Cc2ccccc2)C(=O)N[C@@H](CS)C(=O)NCCOCCOCCOCCNC(=O)COCC(N)=O)NC(=O)[C@H](CC(=O)O)NC(=O)CNC1=O. The summed E-state index contributed by atoms with van der Waals surface area (Å²) in [5, 5.41) is 68.8. The zero-order valence-electron chi connectivity index (χ0n) is 60.6. The van der Waals surface area contributed by atoms with Gasteiger partial charge in [0.05, 0.1) is 63.9 Å². The number of fused-ring (bicyclic) bond motifs is 6. The number of thiol groups is 2. The summed E-state index contributed by atoms with van der Waals surface area (Å²) in [5.41, 5.74) is 10.4. The number of benzene rings is 4. The van der Waals surface area contributed by atoms with Crippen LogP contribution in [0.2, 0.25) is 0 Å². The molecule has 1 spiro atoms. The minimum absolute atomic E-state index is 0.0207. The second-order valence-corrected chi connectivity index (χ2v) is 27.2. The predicted octanol–water partition coefficient (Wildman–Crippen LogP) is -3.55. The lowest BCUT2D eigenvalue weighted by Gasteiger charge is -2.36. The Hall–Kier alpha value is -11.0. The average molecular weight is 1620 g/mol. The first kappa shape index (κ1) is 88.2. The number of amides is 12. The number of nitrogens with one attached hydrogen (secondary N) is 13. The lowest BCUT2D eigenvalue weighted by atomic mass is 9.77. The zero-order valence-corrected chi connectivity index (χ0v) is 63.2. The van der Waals surface area contributed by atoms with Crippen LogP contribution in [-0.4, -0.2) is 255 Å². The molecule has 41 heteroatoms. The summed E-state index contributed by atoms with van der Waals surface area (Å²) >= 11 is 9.32. The number of phenols is 2. The number of hydrogen-bond acceptors (Lipinski definition) is 26. The Balaban J connectivity index is 1.04. The summed E-state index contributed by atoms with van der Waals surface area (Å²) in [5.74, 6) is -14.9. The molecule has 38 nitrogen and oxygen atoms in total. The van der Waals surface area contributed by atoms with E-state index in [0.29, 0.717) is 16.7 Å². The Morgan fingerprint density at radius 2 is 1.21 bits per heavy atom. The van der Waals surface area contributed by atoms with Gasteiger partial charge in [0.25, 0.3) is 5.91 Å². The molecule has 0 aromatic heterocycles. The highest BCUT2D eigenvalue weighted by Crippen LogP contribution is 2.57. The fraction of sp³-hybridized carbons (Fsp3) is 0.451. The van der Waals surface area contributed by atoms with Gasteiger partial charge in [-0.1, -0.05) is 30.3 Å². The standard InChI is InChI=1S/C71H91N15O23S3/c72-56(89)33-107-34-58(91)75-19-21-104-23-25-106-26-24-105-22-20-77-63(97)51(35-110)84-65(99)49(27-39-7-2-1-3-8-39)83-68(102)53-37-112-38-59(92)80-48(64(98)85-52(36-111)67(101)82-47(10-6-18-78-70(73)74)62(96)79-32-57(90)81-50(31-60(93)94)66(100)86-53)9-4-5-17-76-61(95)40-11-14-43-46(28-40)71(109-69(43)103)44-15-12-41(87)29-54(44)108-55-30-42(88)13-16-45(55)71/h1-3,7-8,11-16,28-30,47-53,87-88,110-111H,4-6,9-10,17-27,31-38H2,(H2,72,89)(H,75,91)(H,76,95)(H,77,97)(H,79,96)(H,80,92)(H,81,90)(H,82,101)(H,83,102)(H,84,99)(H,85,98)(H,86,100)(H,93,94)(H4,73,74,78)/t47-,48-,49-,50-,51-,52-,53-/m0/s1. The number of rotatable bonds is 37. The summed E-state index contributed by atoms with van der Waals surface area (Å²) < 4.78 is 33.4. The largest absolute Gasteiger partial charge is 0.508 e.